The number of rotatable bonds is 7. The van der Waals surface area contributed by atoms with Crippen molar-refractivity contribution in [2.24, 2.45) is 5.92 Å². The molecular formula is C25H28ClF3N4O4. The lowest BCUT2D eigenvalue weighted by molar-refractivity contribution is -0.274. The van der Waals surface area contributed by atoms with Gasteiger partial charge in [-0.2, -0.15) is 4.98 Å². The number of imidazole rings is 1. The second-order valence-corrected chi connectivity index (χ2v) is 9.73. The number of hydrogen-bond acceptors (Lipinski definition) is 6. The second kappa shape index (κ2) is 10.3. The van der Waals surface area contributed by atoms with Gasteiger partial charge in [0.05, 0.1) is 18.0 Å². The molecule has 8 nitrogen and oxygen atoms in total. The van der Waals surface area contributed by atoms with Gasteiger partial charge in [-0.25, -0.2) is 0 Å². The minimum Gasteiger partial charge on any atom is -0.425 e. The Morgan fingerprint density at radius 1 is 1.24 bits per heavy atom. The highest BCUT2D eigenvalue weighted by atomic mass is 35.5. The van der Waals surface area contributed by atoms with Crippen LogP contribution in [0.1, 0.15) is 31.3 Å². The molecule has 0 saturated carbocycles. The molecule has 1 N–H and O–H groups in total. The lowest BCUT2D eigenvalue weighted by Gasteiger charge is -2.40. The smallest absolute Gasteiger partial charge is 0.425 e. The number of allylic oxidation sites excluding steroid dienone is 4. The molecule has 0 bridgehead atoms. The van der Waals surface area contributed by atoms with Gasteiger partial charge in [0.2, 0.25) is 0 Å². The maximum atomic E-state index is 13.4. The van der Waals surface area contributed by atoms with E-state index in [-0.39, 0.29) is 47.7 Å². The molecule has 1 amide bonds. The predicted octanol–water partition coefficient (Wildman–Crippen LogP) is 4.93. The molecule has 2 heterocycles. The van der Waals surface area contributed by atoms with Crippen LogP contribution in [0.15, 0.2) is 48.1 Å². The molecule has 0 fully saturated rings. The Kier molecular flexibility index (Phi) is 7.48. The van der Waals surface area contributed by atoms with Gasteiger partial charge < -0.3 is 24.4 Å². The van der Waals surface area contributed by atoms with E-state index in [1.165, 1.54) is 17.0 Å². The standard InChI is InChI=1S/C25H28ClF3N4O4/c1-14-10-17(8-9-20(14)26)13-33-21-22(32(12-15(2)34)16(3)31(4)23(21)35)30-24(33)36-18-6-5-7-19(11-18)37-25(27,28)29/h5-11,14-16,20,34H,12-13H2,1-4H3. The van der Waals surface area contributed by atoms with Crippen molar-refractivity contribution in [3.8, 4) is 17.5 Å². The zero-order chi connectivity index (χ0) is 27.1. The van der Waals surface area contributed by atoms with Crippen LogP contribution in [0.25, 0.3) is 0 Å². The van der Waals surface area contributed by atoms with Crippen molar-refractivity contribution in [3.05, 3.63) is 53.8 Å². The molecule has 12 heteroatoms. The molecule has 4 atom stereocenters. The first kappa shape index (κ1) is 26.9. The molecule has 0 radical (unpaired) electrons. The van der Waals surface area contributed by atoms with Gasteiger partial charge in [-0.15, -0.1) is 24.8 Å². The van der Waals surface area contributed by atoms with E-state index < -0.39 is 24.4 Å². The maximum absolute atomic E-state index is 13.4. The van der Waals surface area contributed by atoms with Crippen molar-refractivity contribution in [1.29, 1.82) is 0 Å². The van der Waals surface area contributed by atoms with E-state index in [0.717, 1.165) is 17.7 Å². The predicted molar refractivity (Wildman–Crippen MR) is 132 cm³/mol. The summed E-state index contributed by atoms with van der Waals surface area (Å²) in [7, 11) is 1.65. The molecule has 1 aliphatic heterocycles. The van der Waals surface area contributed by atoms with Crippen molar-refractivity contribution < 1.29 is 32.5 Å². The largest absolute Gasteiger partial charge is 0.573 e. The average Bonchev–Trinajstić information content (AvgIpc) is 3.14. The molecule has 4 rings (SSSR count). The van der Waals surface area contributed by atoms with Gasteiger partial charge in [0.15, 0.2) is 11.5 Å². The summed E-state index contributed by atoms with van der Waals surface area (Å²) in [6.07, 6.45) is -0.272. The molecule has 200 valence electrons. The fourth-order valence-electron chi connectivity index (χ4n) is 4.31. The van der Waals surface area contributed by atoms with Gasteiger partial charge in [0.1, 0.15) is 17.7 Å². The Morgan fingerprint density at radius 3 is 2.59 bits per heavy atom. The van der Waals surface area contributed by atoms with Crippen molar-refractivity contribution in [1.82, 2.24) is 14.5 Å². The van der Waals surface area contributed by atoms with Gasteiger partial charge in [-0.1, -0.05) is 31.2 Å². The Bertz CT molecular complexity index is 1230. The monoisotopic (exact) mass is 540 g/mol. The van der Waals surface area contributed by atoms with Crippen LogP contribution >= 0.6 is 11.6 Å². The van der Waals surface area contributed by atoms with Gasteiger partial charge >= 0.3 is 12.4 Å². The highest BCUT2D eigenvalue weighted by Gasteiger charge is 2.39. The molecule has 37 heavy (non-hydrogen) atoms. The molecule has 4 unspecified atom stereocenters. The molecule has 2 aliphatic rings. The zero-order valence-corrected chi connectivity index (χ0v) is 21.5. The van der Waals surface area contributed by atoms with Crippen molar-refractivity contribution >= 4 is 23.3 Å². The normalized spacial score (nSPS) is 22.6. The number of nitrogens with zero attached hydrogens (tertiary/aromatic N) is 4. The van der Waals surface area contributed by atoms with E-state index in [4.69, 9.17) is 16.3 Å². The molecule has 1 aromatic carbocycles. The van der Waals surface area contributed by atoms with Crippen LogP contribution in [0.3, 0.4) is 0 Å². The number of aliphatic hydroxyl groups excluding tert-OH is 1. The second-order valence-electron chi connectivity index (χ2n) is 9.23. The first-order chi connectivity index (χ1) is 17.3. The maximum Gasteiger partial charge on any atom is 0.573 e. The summed E-state index contributed by atoms with van der Waals surface area (Å²) in [5, 5.41) is 9.94. The Morgan fingerprint density at radius 2 is 1.95 bits per heavy atom. The number of benzene rings is 1. The van der Waals surface area contributed by atoms with Gasteiger partial charge in [0, 0.05) is 19.7 Å². The quantitative estimate of drug-likeness (QED) is 0.502. The van der Waals surface area contributed by atoms with Gasteiger partial charge in [-0.05, 0) is 37.5 Å². The van der Waals surface area contributed by atoms with Crippen LogP contribution in [-0.4, -0.2) is 63.1 Å². The zero-order valence-electron chi connectivity index (χ0n) is 20.7. The third-order valence-corrected chi connectivity index (χ3v) is 6.79. The highest BCUT2D eigenvalue weighted by Crippen LogP contribution is 2.37. The number of amides is 1. The number of ether oxygens (including phenoxy) is 2. The number of hydrogen-bond donors (Lipinski definition) is 1. The van der Waals surface area contributed by atoms with Gasteiger partial charge in [0.25, 0.3) is 5.91 Å². The highest BCUT2D eigenvalue weighted by molar-refractivity contribution is 6.22. The third-order valence-electron chi connectivity index (χ3n) is 6.24. The van der Waals surface area contributed by atoms with Crippen molar-refractivity contribution in [2.45, 2.75) is 51.3 Å². The van der Waals surface area contributed by atoms with E-state index in [1.54, 1.807) is 23.4 Å². The lowest BCUT2D eigenvalue weighted by atomic mass is 9.97. The van der Waals surface area contributed by atoms with Gasteiger partial charge in [-0.3, -0.25) is 9.36 Å². The Labute approximate surface area is 217 Å². The van der Waals surface area contributed by atoms with Crippen LogP contribution in [0.4, 0.5) is 19.0 Å². The van der Waals surface area contributed by atoms with E-state index in [0.29, 0.717) is 5.82 Å². The first-order valence-electron chi connectivity index (χ1n) is 11.7. The molecule has 0 saturated heterocycles. The summed E-state index contributed by atoms with van der Waals surface area (Å²) in [4.78, 5) is 21.3. The number of aromatic nitrogens is 2. The summed E-state index contributed by atoms with van der Waals surface area (Å²) in [5.74, 6) is -0.342. The number of aliphatic hydroxyl groups is 1. The van der Waals surface area contributed by atoms with Crippen LogP contribution in [0.5, 0.6) is 17.5 Å². The van der Waals surface area contributed by atoms with Crippen LogP contribution in [-0.2, 0) is 6.54 Å². The van der Waals surface area contributed by atoms with Crippen molar-refractivity contribution in [2.75, 3.05) is 18.5 Å². The van der Waals surface area contributed by atoms with E-state index in [1.807, 2.05) is 32.1 Å². The number of fused-ring (bicyclic) bond motifs is 1. The summed E-state index contributed by atoms with van der Waals surface area (Å²) < 4.78 is 49.7. The Balaban J connectivity index is 1.79. The summed E-state index contributed by atoms with van der Waals surface area (Å²) in [6.45, 7) is 5.82. The average molecular weight is 541 g/mol. The topological polar surface area (TPSA) is 80.1 Å². The minimum absolute atomic E-state index is 0.00977. The van der Waals surface area contributed by atoms with E-state index in [2.05, 4.69) is 9.72 Å². The molecule has 0 spiro atoms. The molecular weight excluding hydrogens is 513 g/mol. The number of β-amino-alcohol motifs (C(OH)–C–C–N with tert-alkyl or cyclic N) is 1. The summed E-state index contributed by atoms with van der Waals surface area (Å²) in [6, 6.07) is 5.08. The minimum atomic E-state index is -4.86. The molecule has 2 aromatic rings. The number of anilines is 1. The van der Waals surface area contributed by atoms with E-state index >= 15 is 0 Å². The Hall–Kier alpha value is -3.18. The summed E-state index contributed by atoms with van der Waals surface area (Å²) in [5.41, 5.74) is 1.11. The molecule has 1 aliphatic carbocycles. The van der Waals surface area contributed by atoms with Crippen LogP contribution in [0.2, 0.25) is 0 Å². The number of carbonyl (C=O) groups excluding carboxylic acids is 1. The van der Waals surface area contributed by atoms with Crippen molar-refractivity contribution in [3.63, 3.8) is 0 Å². The SMILES string of the molecule is CC(O)CN1c2nc(Oc3cccc(OC(F)(F)F)c3)n(CC3=CC(C)C(Cl)C=C3)c2C(=O)N(C)C1C. The number of alkyl halides is 4. The third kappa shape index (κ3) is 5.88. The molecule has 1 aromatic heterocycles. The lowest BCUT2D eigenvalue weighted by Crippen LogP contribution is -2.54. The van der Waals surface area contributed by atoms with E-state index in [9.17, 15) is 23.1 Å². The fraction of sp³-hybridized carbons (Fsp3) is 0.440. The van der Waals surface area contributed by atoms with Crippen LogP contribution in [0, 0.1) is 5.92 Å². The first-order valence-corrected chi connectivity index (χ1v) is 12.2. The number of carbonyl (C=O) groups is 1. The number of halogens is 4. The summed E-state index contributed by atoms with van der Waals surface area (Å²) >= 11 is 6.30. The fourth-order valence-corrected chi connectivity index (χ4v) is 4.45. The van der Waals surface area contributed by atoms with Crippen LogP contribution < -0.4 is 14.4 Å².